The topological polar surface area (TPSA) is 28.7 Å². The van der Waals surface area contributed by atoms with Crippen LogP contribution in [0.4, 0.5) is 0 Å². The predicted octanol–water partition coefficient (Wildman–Crippen LogP) is 4.92. The van der Waals surface area contributed by atoms with Gasteiger partial charge in [-0.05, 0) is 34.3 Å². The van der Waals surface area contributed by atoms with Crippen molar-refractivity contribution < 1.29 is 0 Å². The van der Waals surface area contributed by atoms with E-state index in [1.807, 2.05) is 0 Å². The predicted molar refractivity (Wildman–Crippen MR) is 85.2 cm³/mol. The maximum absolute atomic E-state index is 5.31. The van der Waals surface area contributed by atoms with Crippen LogP contribution in [0.5, 0.6) is 0 Å². The number of halogens is 1. The van der Waals surface area contributed by atoms with Crippen LogP contribution in [0.15, 0.2) is 28.7 Å². The van der Waals surface area contributed by atoms with Gasteiger partial charge in [-0.3, -0.25) is 0 Å². The van der Waals surface area contributed by atoms with Crippen LogP contribution >= 0.6 is 28.1 Å². The van der Waals surface area contributed by atoms with Gasteiger partial charge in [0.05, 0.1) is 4.47 Å². The van der Waals surface area contributed by atoms with Crippen LogP contribution in [0.2, 0.25) is 0 Å². The number of H-pyrrole nitrogens is 1. The highest BCUT2D eigenvalue weighted by Gasteiger charge is 2.10. The molecule has 2 aromatic rings. The largest absolute Gasteiger partial charge is 0.346 e. The molecule has 0 saturated carbocycles. The number of aryl methyl sites for hydroxylation is 1. The van der Waals surface area contributed by atoms with Crippen molar-refractivity contribution in [3.63, 3.8) is 0 Å². The van der Waals surface area contributed by atoms with Gasteiger partial charge in [-0.25, -0.2) is 4.98 Å². The van der Waals surface area contributed by atoms with Crippen LogP contribution in [-0.4, -0.2) is 9.97 Å². The van der Waals surface area contributed by atoms with Crippen molar-refractivity contribution in [2.45, 2.75) is 33.1 Å². The van der Waals surface area contributed by atoms with Gasteiger partial charge in [0, 0.05) is 12.1 Å². The average Bonchev–Trinajstić information content (AvgIpc) is 2.36. The Kier molecular flexibility index (Phi) is 4.53. The van der Waals surface area contributed by atoms with E-state index >= 15 is 0 Å². The van der Waals surface area contributed by atoms with Gasteiger partial charge in [0.25, 0.3) is 0 Å². The summed E-state index contributed by atoms with van der Waals surface area (Å²) >= 11 is 8.82. The highest BCUT2D eigenvalue weighted by molar-refractivity contribution is 9.10. The summed E-state index contributed by atoms with van der Waals surface area (Å²) in [5, 5.41) is 0. The Morgan fingerprint density at radius 3 is 2.47 bits per heavy atom. The molecule has 1 N–H and O–H groups in total. The van der Waals surface area contributed by atoms with Gasteiger partial charge >= 0.3 is 0 Å². The van der Waals surface area contributed by atoms with Gasteiger partial charge in [0.15, 0.2) is 0 Å². The van der Waals surface area contributed by atoms with Gasteiger partial charge in [0.2, 0.25) is 0 Å². The molecule has 0 aliphatic rings. The first kappa shape index (κ1) is 14.4. The van der Waals surface area contributed by atoms with Crippen LogP contribution < -0.4 is 0 Å². The SMILES string of the molecule is Cc1ccc(Cc2nc(=S)c(Br)c(C(C)C)[nH]2)cc1. The fourth-order valence-electron chi connectivity index (χ4n) is 1.91. The Morgan fingerprint density at radius 1 is 1.26 bits per heavy atom. The molecule has 0 spiro atoms. The van der Waals surface area contributed by atoms with Crippen LogP contribution in [0.25, 0.3) is 0 Å². The lowest BCUT2D eigenvalue weighted by Crippen LogP contribution is -2.04. The summed E-state index contributed by atoms with van der Waals surface area (Å²) in [5.74, 6) is 1.30. The molecule has 1 aromatic heterocycles. The lowest BCUT2D eigenvalue weighted by atomic mass is 10.1. The quantitative estimate of drug-likeness (QED) is 0.805. The van der Waals surface area contributed by atoms with E-state index in [0.717, 1.165) is 22.4 Å². The molecule has 0 aliphatic heterocycles. The van der Waals surface area contributed by atoms with E-state index < -0.39 is 0 Å². The fourth-order valence-corrected chi connectivity index (χ4v) is 2.77. The maximum atomic E-state index is 5.31. The Hall–Kier alpha value is -1.00. The average molecular weight is 337 g/mol. The highest BCUT2D eigenvalue weighted by Crippen LogP contribution is 2.23. The van der Waals surface area contributed by atoms with E-state index in [9.17, 15) is 0 Å². The minimum absolute atomic E-state index is 0.385. The molecule has 100 valence electrons. The first-order valence-electron chi connectivity index (χ1n) is 6.31. The van der Waals surface area contributed by atoms with Crippen molar-refractivity contribution in [1.29, 1.82) is 0 Å². The number of hydrogen-bond donors (Lipinski definition) is 1. The second-order valence-electron chi connectivity index (χ2n) is 5.03. The third-order valence-electron chi connectivity index (χ3n) is 3.01. The minimum atomic E-state index is 0.385. The van der Waals surface area contributed by atoms with Crippen LogP contribution in [0.1, 0.15) is 42.4 Å². The van der Waals surface area contributed by atoms with Crippen molar-refractivity contribution in [3.05, 3.63) is 56.0 Å². The third kappa shape index (κ3) is 3.51. The van der Waals surface area contributed by atoms with Crippen molar-refractivity contribution in [2.24, 2.45) is 0 Å². The van der Waals surface area contributed by atoms with Crippen LogP contribution in [0.3, 0.4) is 0 Å². The van der Waals surface area contributed by atoms with Gasteiger partial charge in [-0.2, -0.15) is 0 Å². The monoisotopic (exact) mass is 336 g/mol. The summed E-state index contributed by atoms with van der Waals surface area (Å²) in [6.45, 7) is 6.37. The third-order valence-corrected chi connectivity index (χ3v) is 4.37. The van der Waals surface area contributed by atoms with Crippen molar-refractivity contribution in [3.8, 4) is 0 Å². The molecule has 1 aromatic carbocycles. The molecular weight excluding hydrogens is 320 g/mol. The number of hydrogen-bond acceptors (Lipinski definition) is 2. The standard InChI is InChI=1S/C15H17BrN2S/c1-9(2)14-13(16)15(19)18-12(17-14)8-11-6-4-10(3)5-7-11/h4-7,9H,8H2,1-3H3,(H,17,18,19). The number of benzene rings is 1. The van der Waals surface area contributed by atoms with E-state index in [4.69, 9.17) is 12.2 Å². The van der Waals surface area contributed by atoms with Crippen molar-refractivity contribution >= 4 is 28.1 Å². The van der Waals surface area contributed by atoms with Crippen LogP contribution in [0, 0.1) is 11.6 Å². The fraction of sp³-hybridized carbons (Fsp3) is 0.333. The second kappa shape index (κ2) is 5.97. The molecule has 0 unspecified atom stereocenters. The normalized spacial score (nSPS) is 11.0. The lowest BCUT2D eigenvalue weighted by Gasteiger charge is -2.11. The summed E-state index contributed by atoms with van der Waals surface area (Å²) in [6, 6.07) is 8.49. The summed E-state index contributed by atoms with van der Waals surface area (Å²) in [4.78, 5) is 7.84. The maximum Gasteiger partial charge on any atom is 0.144 e. The summed E-state index contributed by atoms with van der Waals surface area (Å²) in [5.41, 5.74) is 3.62. The molecule has 19 heavy (non-hydrogen) atoms. The molecule has 1 heterocycles. The smallest absolute Gasteiger partial charge is 0.144 e. The Labute approximate surface area is 127 Å². The second-order valence-corrected chi connectivity index (χ2v) is 6.21. The number of aromatic amines is 1. The molecule has 0 aliphatic carbocycles. The van der Waals surface area contributed by atoms with Gasteiger partial charge in [0.1, 0.15) is 10.5 Å². The summed E-state index contributed by atoms with van der Waals surface area (Å²) in [6.07, 6.45) is 0.775. The highest BCUT2D eigenvalue weighted by atomic mass is 79.9. The Balaban J connectivity index is 2.35. The van der Waals surface area contributed by atoms with E-state index in [-0.39, 0.29) is 0 Å². The Morgan fingerprint density at radius 2 is 1.89 bits per heavy atom. The molecule has 0 bridgehead atoms. The number of nitrogens with one attached hydrogen (secondary N) is 1. The van der Waals surface area contributed by atoms with E-state index in [1.165, 1.54) is 11.1 Å². The minimum Gasteiger partial charge on any atom is -0.346 e. The van der Waals surface area contributed by atoms with E-state index in [1.54, 1.807) is 0 Å². The molecule has 0 atom stereocenters. The van der Waals surface area contributed by atoms with Crippen molar-refractivity contribution in [1.82, 2.24) is 9.97 Å². The van der Waals surface area contributed by atoms with E-state index in [0.29, 0.717) is 10.6 Å². The molecule has 2 nitrogen and oxygen atoms in total. The van der Waals surface area contributed by atoms with Gasteiger partial charge in [-0.15, -0.1) is 0 Å². The number of aromatic nitrogens is 2. The van der Waals surface area contributed by atoms with E-state index in [2.05, 4.69) is 70.9 Å². The lowest BCUT2D eigenvalue weighted by molar-refractivity contribution is 0.780. The number of rotatable bonds is 3. The zero-order chi connectivity index (χ0) is 14.0. The van der Waals surface area contributed by atoms with Crippen LogP contribution in [-0.2, 0) is 6.42 Å². The molecule has 0 saturated heterocycles. The zero-order valence-electron chi connectivity index (χ0n) is 11.3. The molecule has 2 rings (SSSR count). The first-order valence-corrected chi connectivity index (χ1v) is 7.51. The first-order chi connectivity index (χ1) is 8.97. The molecule has 0 fully saturated rings. The Bertz CT molecular complexity index is 630. The van der Waals surface area contributed by atoms with Gasteiger partial charge < -0.3 is 4.98 Å². The van der Waals surface area contributed by atoms with Crippen molar-refractivity contribution in [2.75, 3.05) is 0 Å². The molecule has 4 heteroatoms. The van der Waals surface area contributed by atoms with Gasteiger partial charge in [-0.1, -0.05) is 55.9 Å². The molecular formula is C15H17BrN2S. The number of nitrogens with zero attached hydrogens (tertiary/aromatic N) is 1. The summed E-state index contributed by atoms with van der Waals surface area (Å²) in [7, 11) is 0. The molecule has 0 radical (unpaired) electrons. The molecule has 0 amide bonds. The summed E-state index contributed by atoms with van der Waals surface area (Å²) < 4.78 is 1.54. The zero-order valence-corrected chi connectivity index (χ0v) is 13.7.